The van der Waals surface area contributed by atoms with E-state index in [1.807, 2.05) is 30.3 Å². The average Bonchev–Trinajstić information content (AvgIpc) is 2.28. The van der Waals surface area contributed by atoms with Gasteiger partial charge in [0.15, 0.2) is 5.82 Å². The first-order valence-corrected chi connectivity index (χ1v) is 4.44. The predicted octanol–water partition coefficient (Wildman–Crippen LogP) is 0.981. The summed E-state index contributed by atoms with van der Waals surface area (Å²) in [6, 6.07) is 9.51. The molecule has 15 heavy (non-hydrogen) atoms. The number of nitrogens with one attached hydrogen (secondary N) is 1. The summed E-state index contributed by atoms with van der Waals surface area (Å²) in [6.45, 7) is 0. The topological polar surface area (TPSA) is 87.6 Å². The van der Waals surface area contributed by atoms with Gasteiger partial charge in [-0.1, -0.05) is 12.1 Å². The number of rotatable bonds is 2. The molecule has 1 heterocycles. The Balaban J connectivity index is 2.67. The molecule has 0 bridgehead atoms. The van der Waals surface area contributed by atoms with E-state index in [0.29, 0.717) is 11.6 Å². The van der Waals surface area contributed by atoms with E-state index in [2.05, 4.69) is 15.4 Å². The maximum Gasteiger partial charge on any atom is 0.151 e. The van der Waals surface area contributed by atoms with Crippen LogP contribution in [0.25, 0.3) is 10.9 Å². The maximum absolute atomic E-state index is 8.57. The van der Waals surface area contributed by atoms with Gasteiger partial charge in [0.05, 0.1) is 18.0 Å². The molecule has 0 unspecified atom stereocenters. The zero-order valence-electron chi connectivity index (χ0n) is 7.94. The molecule has 3 N–H and O–H groups in total. The third-order valence-electron chi connectivity index (χ3n) is 2.02. The Morgan fingerprint density at radius 1 is 1.33 bits per heavy atom. The van der Waals surface area contributed by atoms with E-state index in [1.165, 1.54) is 0 Å². The van der Waals surface area contributed by atoms with Crippen molar-refractivity contribution in [2.24, 2.45) is 5.84 Å². The quantitative estimate of drug-likeness (QED) is 0.556. The summed E-state index contributed by atoms with van der Waals surface area (Å²) in [5.74, 6) is 6.38. The SMILES string of the molecule is N#CCc1nc(NN)c2ccccc2n1. The third kappa shape index (κ3) is 1.71. The van der Waals surface area contributed by atoms with Gasteiger partial charge in [0, 0.05) is 5.39 Å². The van der Waals surface area contributed by atoms with Crippen LogP contribution >= 0.6 is 0 Å². The molecular weight excluding hydrogens is 190 g/mol. The molecule has 5 nitrogen and oxygen atoms in total. The van der Waals surface area contributed by atoms with Gasteiger partial charge in [-0.15, -0.1) is 0 Å². The van der Waals surface area contributed by atoms with Crippen molar-refractivity contribution in [2.45, 2.75) is 6.42 Å². The highest BCUT2D eigenvalue weighted by atomic mass is 15.3. The number of nitrogen functional groups attached to an aromatic ring is 1. The highest BCUT2D eigenvalue weighted by Crippen LogP contribution is 2.18. The summed E-state index contributed by atoms with van der Waals surface area (Å²) in [7, 11) is 0. The van der Waals surface area contributed by atoms with Gasteiger partial charge < -0.3 is 5.43 Å². The second-order valence-electron chi connectivity index (χ2n) is 2.98. The Kier molecular flexibility index (Phi) is 2.44. The van der Waals surface area contributed by atoms with Crippen LogP contribution in [-0.4, -0.2) is 9.97 Å². The molecule has 1 aromatic carbocycles. The third-order valence-corrected chi connectivity index (χ3v) is 2.02. The summed E-state index contributed by atoms with van der Waals surface area (Å²) in [6.07, 6.45) is 0.180. The fourth-order valence-corrected chi connectivity index (χ4v) is 1.38. The molecule has 0 aliphatic rings. The Hall–Kier alpha value is -2.19. The van der Waals surface area contributed by atoms with Crippen molar-refractivity contribution in [3.63, 3.8) is 0 Å². The fraction of sp³-hybridized carbons (Fsp3) is 0.100. The van der Waals surface area contributed by atoms with Crippen LogP contribution in [0, 0.1) is 11.3 Å². The summed E-state index contributed by atoms with van der Waals surface area (Å²) in [4.78, 5) is 8.38. The smallest absolute Gasteiger partial charge is 0.151 e. The molecule has 0 saturated heterocycles. The molecule has 74 valence electrons. The number of anilines is 1. The molecule has 2 rings (SSSR count). The molecular formula is C10H9N5. The van der Waals surface area contributed by atoms with Gasteiger partial charge in [-0.2, -0.15) is 5.26 Å². The molecule has 0 saturated carbocycles. The van der Waals surface area contributed by atoms with E-state index in [0.717, 1.165) is 10.9 Å². The first-order chi connectivity index (χ1) is 7.35. The van der Waals surface area contributed by atoms with Gasteiger partial charge in [-0.05, 0) is 12.1 Å². The zero-order valence-corrected chi connectivity index (χ0v) is 7.94. The Morgan fingerprint density at radius 2 is 2.13 bits per heavy atom. The summed E-state index contributed by atoms with van der Waals surface area (Å²) in [5.41, 5.74) is 3.29. The van der Waals surface area contributed by atoms with Crippen LogP contribution < -0.4 is 11.3 Å². The van der Waals surface area contributed by atoms with E-state index in [9.17, 15) is 0 Å². The van der Waals surface area contributed by atoms with Gasteiger partial charge in [-0.3, -0.25) is 0 Å². The largest absolute Gasteiger partial charge is 0.308 e. The number of hydrogen-bond acceptors (Lipinski definition) is 5. The maximum atomic E-state index is 8.57. The molecule has 0 fully saturated rings. The number of fused-ring (bicyclic) bond motifs is 1. The summed E-state index contributed by atoms with van der Waals surface area (Å²) < 4.78 is 0. The molecule has 0 aliphatic heterocycles. The van der Waals surface area contributed by atoms with Gasteiger partial charge in [0.2, 0.25) is 0 Å². The second-order valence-corrected chi connectivity index (χ2v) is 2.98. The minimum atomic E-state index is 0.180. The van der Waals surface area contributed by atoms with Crippen LogP contribution in [-0.2, 0) is 6.42 Å². The molecule has 0 atom stereocenters. The number of nitriles is 1. The predicted molar refractivity (Wildman–Crippen MR) is 56.7 cm³/mol. The second kappa shape index (κ2) is 3.90. The van der Waals surface area contributed by atoms with Crippen molar-refractivity contribution in [3.8, 4) is 6.07 Å². The first kappa shape index (κ1) is 9.37. The van der Waals surface area contributed by atoms with E-state index in [-0.39, 0.29) is 6.42 Å². The Labute approximate surface area is 86.5 Å². The van der Waals surface area contributed by atoms with Crippen molar-refractivity contribution in [2.75, 3.05) is 5.43 Å². The van der Waals surface area contributed by atoms with Crippen molar-refractivity contribution in [1.82, 2.24) is 9.97 Å². The number of nitrogens with two attached hydrogens (primary N) is 1. The van der Waals surface area contributed by atoms with Gasteiger partial charge in [0.1, 0.15) is 5.82 Å². The number of hydrogen-bond donors (Lipinski definition) is 2. The van der Waals surface area contributed by atoms with Crippen LogP contribution in [0.2, 0.25) is 0 Å². The number of aromatic nitrogens is 2. The minimum Gasteiger partial charge on any atom is -0.308 e. The van der Waals surface area contributed by atoms with Gasteiger partial charge in [0.25, 0.3) is 0 Å². The van der Waals surface area contributed by atoms with Gasteiger partial charge in [-0.25, -0.2) is 15.8 Å². The normalized spacial score (nSPS) is 9.87. The number of benzene rings is 1. The lowest BCUT2D eigenvalue weighted by atomic mass is 10.2. The molecule has 2 aromatic rings. The molecule has 0 spiro atoms. The molecule has 1 aromatic heterocycles. The Morgan fingerprint density at radius 3 is 2.87 bits per heavy atom. The van der Waals surface area contributed by atoms with Gasteiger partial charge >= 0.3 is 0 Å². The minimum absolute atomic E-state index is 0.180. The van der Waals surface area contributed by atoms with E-state index < -0.39 is 0 Å². The van der Waals surface area contributed by atoms with Crippen LogP contribution in [0.1, 0.15) is 5.82 Å². The van der Waals surface area contributed by atoms with Crippen LogP contribution in [0.15, 0.2) is 24.3 Å². The lowest BCUT2D eigenvalue weighted by Crippen LogP contribution is -2.11. The molecule has 0 radical (unpaired) electrons. The van der Waals surface area contributed by atoms with Crippen LogP contribution in [0.4, 0.5) is 5.82 Å². The van der Waals surface area contributed by atoms with E-state index >= 15 is 0 Å². The Bertz CT molecular complexity index is 529. The lowest BCUT2D eigenvalue weighted by Gasteiger charge is -2.05. The van der Waals surface area contributed by atoms with Crippen molar-refractivity contribution < 1.29 is 0 Å². The van der Waals surface area contributed by atoms with Crippen molar-refractivity contribution in [1.29, 1.82) is 5.26 Å². The first-order valence-electron chi connectivity index (χ1n) is 4.44. The number of nitrogens with zero attached hydrogens (tertiary/aromatic N) is 3. The average molecular weight is 199 g/mol. The highest BCUT2D eigenvalue weighted by molar-refractivity contribution is 5.88. The highest BCUT2D eigenvalue weighted by Gasteiger charge is 2.05. The van der Waals surface area contributed by atoms with Crippen LogP contribution in [0.3, 0.4) is 0 Å². The standard InChI is InChI=1S/C10H9N5/c11-6-5-9-13-8-4-2-1-3-7(8)10(14-9)15-12/h1-4H,5,12H2,(H,13,14,15). The monoisotopic (exact) mass is 199 g/mol. The van der Waals surface area contributed by atoms with Crippen molar-refractivity contribution in [3.05, 3.63) is 30.1 Å². The molecule has 0 aliphatic carbocycles. The lowest BCUT2D eigenvalue weighted by molar-refractivity contribution is 1.02. The molecule has 5 heteroatoms. The zero-order chi connectivity index (χ0) is 10.7. The fourth-order valence-electron chi connectivity index (χ4n) is 1.38. The summed E-state index contributed by atoms with van der Waals surface area (Å²) >= 11 is 0. The van der Waals surface area contributed by atoms with E-state index in [1.54, 1.807) is 0 Å². The number of para-hydroxylation sites is 1. The van der Waals surface area contributed by atoms with Crippen molar-refractivity contribution >= 4 is 16.7 Å². The van der Waals surface area contributed by atoms with Crippen LogP contribution in [0.5, 0.6) is 0 Å². The van der Waals surface area contributed by atoms with E-state index in [4.69, 9.17) is 11.1 Å². The summed E-state index contributed by atoms with van der Waals surface area (Å²) in [5, 5.41) is 9.42. The molecule has 0 amide bonds. The number of hydrazine groups is 1.